The van der Waals surface area contributed by atoms with Gasteiger partial charge in [-0.1, -0.05) is 11.6 Å². The molecule has 4 rings (SSSR count). The third kappa shape index (κ3) is 4.93. The Morgan fingerprint density at radius 1 is 1.21 bits per heavy atom. The minimum Gasteiger partial charge on any atom is -0.384 e. The summed E-state index contributed by atoms with van der Waals surface area (Å²) in [4.78, 5) is 25.5. The predicted octanol–water partition coefficient (Wildman–Crippen LogP) is 3.49. The summed E-state index contributed by atoms with van der Waals surface area (Å²) in [6, 6.07) is 9.57. The van der Waals surface area contributed by atoms with Crippen LogP contribution < -0.4 is 4.90 Å². The zero-order valence-electron chi connectivity index (χ0n) is 18.7. The molecule has 2 aromatic heterocycles. The summed E-state index contributed by atoms with van der Waals surface area (Å²) in [7, 11) is 1.59. The highest BCUT2D eigenvalue weighted by Crippen LogP contribution is 2.45. The Morgan fingerprint density at radius 2 is 2.00 bits per heavy atom. The highest BCUT2D eigenvalue weighted by Gasteiger charge is 2.33. The van der Waals surface area contributed by atoms with E-state index in [4.69, 9.17) is 21.3 Å². The first kappa shape index (κ1) is 23.0. The van der Waals surface area contributed by atoms with Gasteiger partial charge >= 0.3 is 0 Å². The van der Waals surface area contributed by atoms with Crippen molar-refractivity contribution < 1.29 is 9.53 Å². The molecule has 8 nitrogen and oxygen atoms in total. The maximum atomic E-state index is 12.5. The number of piperazine rings is 1. The van der Waals surface area contributed by atoms with Gasteiger partial charge in [0.2, 0.25) is 5.91 Å². The van der Waals surface area contributed by atoms with Crippen LogP contribution in [0.5, 0.6) is 0 Å². The number of hydrogen-bond donors (Lipinski definition) is 0. The number of carbonyl (C=O) groups is 1. The van der Waals surface area contributed by atoms with Crippen molar-refractivity contribution >= 4 is 23.3 Å². The summed E-state index contributed by atoms with van der Waals surface area (Å²) in [6.07, 6.45) is 2.43. The summed E-state index contributed by atoms with van der Waals surface area (Å²) in [5.41, 5.74) is 3.17. The van der Waals surface area contributed by atoms with E-state index < -0.39 is 0 Å². The number of carbonyl (C=O) groups excluding carboxylic acids is 1. The van der Waals surface area contributed by atoms with Crippen LogP contribution in [0.3, 0.4) is 0 Å². The van der Waals surface area contributed by atoms with Gasteiger partial charge in [0.1, 0.15) is 28.8 Å². The highest BCUT2D eigenvalue weighted by atomic mass is 35.5. The minimum absolute atomic E-state index is 0.00214. The molecule has 1 aliphatic heterocycles. The molecular formula is C24H25ClN6O2. The second kappa shape index (κ2) is 9.74. The Bertz CT molecular complexity index is 1150. The van der Waals surface area contributed by atoms with E-state index in [1.165, 1.54) is 0 Å². The molecule has 1 aliphatic carbocycles. The zero-order chi connectivity index (χ0) is 23.5. The van der Waals surface area contributed by atoms with Gasteiger partial charge in [-0.05, 0) is 43.5 Å². The second-order valence-corrected chi connectivity index (χ2v) is 8.87. The molecule has 170 valence electrons. The van der Waals surface area contributed by atoms with Gasteiger partial charge in [0.25, 0.3) is 0 Å². The fourth-order valence-corrected chi connectivity index (χ4v) is 4.51. The lowest BCUT2D eigenvalue weighted by molar-refractivity contribution is -0.134. The summed E-state index contributed by atoms with van der Waals surface area (Å²) in [5.74, 6) is 1.05. The van der Waals surface area contributed by atoms with Crippen LogP contribution in [0.2, 0.25) is 5.15 Å². The number of hydrogen-bond acceptors (Lipinski definition) is 7. The molecule has 0 bridgehead atoms. The minimum atomic E-state index is -0.00214. The Kier molecular flexibility index (Phi) is 6.78. The van der Waals surface area contributed by atoms with Gasteiger partial charge in [-0.3, -0.25) is 4.79 Å². The van der Waals surface area contributed by atoms with Crippen molar-refractivity contribution in [3.8, 4) is 23.3 Å². The van der Waals surface area contributed by atoms with E-state index in [0.29, 0.717) is 50.0 Å². The molecular weight excluding hydrogens is 440 g/mol. The van der Waals surface area contributed by atoms with Crippen LogP contribution in [0.1, 0.15) is 49.1 Å². The van der Waals surface area contributed by atoms with Crippen molar-refractivity contribution in [3.63, 3.8) is 0 Å². The van der Waals surface area contributed by atoms with Crippen LogP contribution in [-0.2, 0) is 9.53 Å². The number of nitriles is 2. The van der Waals surface area contributed by atoms with Crippen molar-refractivity contribution in [2.45, 2.75) is 38.1 Å². The molecule has 1 saturated heterocycles. The van der Waals surface area contributed by atoms with Crippen molar-refractivity contribution in [3.05, 3.63) is 40.3 Å². The Morgan fingerprint density at radius 3 is 2.64 bits per heavy atom. The number of ether oxygens (including phenoxy) is 1. The Labute approximate surface area is 198 Å². The standard InChI is InChI=1S/C24H25ClN6O2/c1-15-14-30(6-7-31(15)22(32)5-8-33-2)24-18(12-26)10-20(23(29-24)16-3-4-16)17-9-19(13-27)28-21(25)11-17/h9-11,15-16H,3-8,14H2,1-2H3/t15-/m1/s1. The number of anilines is 1. The lowest BCUT2D eigenvalue weighted by Crippen LogP contribution is -2.54. The molecule has 3 heterocycles. The Balaban J connectivity index is 1.67. The molecule has 2 fully saturated rings. The number of aromatic nitrogens is 2. The van der Waals surface area contributed by atoms with Crippen molar-refractivity contribution in [2.75, 3.05) is 38.3 Å². The van der Waals surface area contributed by atoms with Crippen molar-refractivity contribution in [1.29, 1.82) is 10.5 Å². The predicted molar refractivity (Wildman–Crippen MR) is 124 cm³/mol. The third-order valence-electron chi connectivity index (χ3n) is 6.10. The number of amides is 1. The molecule has 0 N–H and O–H groups in total. The monoisotopic (exact) mass is 464 g/mol. The van der Waals surface area contributed by atoms with Gasteiger partial charge < -0.3 is 14.5 Å². The van der Waals surface area contributed by atoms with E-state index >= 15 is 0 Å². The van der Waals surface area contributed by atoms with Crippen LogP contribution in [0.25, 0.3) is 11.1 Å². The number of halogens is 1. The zero-order valence-corrected chi connectivity index (χ0v) is 19.5. The first-order chi connectivity index (χ1) is 15.9. The summed E-state index contributed by atoms with van der Waals surface area (Å²) in [5, 5.41) is 19.5. The smallest absolute Gasteiger partial charge is 0.225 e. The van der Waals surface area contributed by atoms with Gasteiger partial charge in [-0.2, -0.15) is 10.5 Å². The normalized spacial score (nSPS) is 18.0. The number of rotatable bonds is 6. The molecule has 0 unspecified atom stereocenters. The van der Waals surface area contributed by atoms with Gasteiger partial charge in [-0.15, -0.1) is 0 Å². The van der Waals surface area contributed by atoms with E-state index in [0.717, 1.165) is 29.7 Å². The summed E-state index contributed by atoms with van der Waals surface area (Å²) in [6.45, 7) is 4.20. The molecule has 2 aromatic rings. The van der Waals surface area contributed by atoms with E-state index in [9.17, 15) is 15.3 Å². The average molecular weight is 465 g/mol. The van der Waals surface area contributed by atoms with Crippen LogP contribution in [0.4, 0.5) is 5.82 Å². The molecule has 0 aromatic carbocycles. The SMILES string of the molecule is COCCC(=O)N1CCN(c2nc(C3CC3)c(-c3cc(Cl)nc(C#N)c3)cc2C#N)C[C@H]1C. The lowest BCUT2D eigenvalue weighted by Gasteiger charge is -2.41. The number of nitrogens with zero attached hydrogens (tertiary/aromatic N) is 6. The van der Waals surface area contributed by atoms with Gasteiger partial charge in [0.15, 0.2) is 0 Å². The van der Waals surface area contributed by atoms with Crippen LogP contribution >= 0.6 is 11.6 Å². The van der Waals surface area contributed by atoms with E-state index in [-0.39, 0.29) is 22.8 Å². The van der Waals surface area contributed by atoms with Crippen molar-refractivity contribution in [2.24, 2.45) is 0 Å². The Hall–Kier alpha value is -3.20. The fourth-order valence-electron chi connectivity index (χ4n) is 4.30. The molecule has 1 saturated carbocycles. The van der Waals surface area contributed by atoms with Gasteiger partial charge in [0.05, 0.1) is 24.3 Å². The summed E-state index contributed by atoms with van der Waals surface area (Å²) < 4.78 is 5.04. The molecule has 2 aliphatic rings. The maximum Gasteiger partial charge on any atom is 0.225 e. The number of pyridine rings is 2. The molecule has 9 heteroatoms. The highest BCUT2D eigenvalue weighted by molar-refractivity contribution is 6.29. The topological polar surface area (TPSA) is 106 Å². The van der Waals surface area contributed by atoms with Gasteiger partial charge in [-0.25, -0.2) is 9.97 Å². The third-order valence-corrected chi connectivity index (χ3v) is 6.30. The molecule has 33 heavy (non-hydrogen) atoms. The van der Waals surface area contributed by atoms with Crippen LogP contribution in [0, 0.1) is 22.7 Å². The maximum absolute atomic E-state index is 12.5. The van der Waals surface area contributed by atoms with Crippen LogP contribution in [0.15, 0.2) is 18.2 Å². The van der Waals surface area contributed by atoms with E-state index in [2.05, 4.69) is 16.0 Å². The fraction of sp³-hybridized carbons (Fsp3) is 0.458. The lowest BCUT2D eigenvalue weighted by atomic mass is 9.99. The molecule has 1 atom stereocenters. The second-order valence-electron chi connectivity index (χ2n) is 8.48. The van der Waals surface area contributed by atoms with Gasteiger partial charge in [0, 0.05) is 44.3 Å². The molecule has 0 spiro atoms. The quantitative estimate of drug-likeness (QED) is 0.602. The molecule has 1 amide bonds. The van der Waals surface area contributed by atoms with Crippen LogP contribution in [-0.4, -0.2) is 60.2 Å². The largest absolute Gasteiger partial charge is 0.384 e. The molecule has 0 radical (unpaired) electrons. The van der Waals surface area contributed by atoms with E-state index in [1.807, 2.05) is 24.0 Å². The summed E-state index contributed by atoms with van der Waals surface area (Å²) >= 11 is 6.14. The first-order valence-electron chi connectivity index (χ1n) is 11.0. The first-order valence-corrected chi connectivity index (χ1v) is 11.4. The van der Waals surface area contributed by atoms with Crippen molar-refractivity contribution in [1.82, 2.24) is 14.9 Å². The number of methoxy groups -OCH3 is 1. The average Bonchev–Trinajstić information content (AvgIpc) is 3.66. The van der Waals surface area contributed by atoms with E-state index in [1.54, 1.807) is 19.2 Å².